The van der Waals surface area contributed by atoms with Crippen molar-refractivity contribution in [1.29, 1.82) is 0 Å². The Hall–Kier alpha value is -2.84. The Morgan fingerprint density at radius 2 is 1.75 bits per heavy atom. The molecule has 1 amide bonds. The maximum atomic E-state index is 13.0. The second-order valence-electron chi connectivity index (χ2n) is 6.88. The number of halogens is 3. The highest BCUT2D eigenvalue weighted by Gasteiger charge is 2.34. The summed E-state index contributed by atoms with van der Waals surface area (Å²) in [4.78, 5) is 25.8. The van der Waals surface area contributed by atoms with Crippen molar-refractivity contribution in [2.24, 2.45) is 0 Å². The first-order chi connectivity index (χ1) is 13.1. The van der Waals surface area contributed by atoms with Crippen LogP contribution in [0, 0.1) is 6.92 Å². The molecule has 0 aliphatic carbocycles. The molecule has 2 heterocycles. The maximum absolute atomic E-state index is 13.0. The standard InChI is InChI=1S/C19H22F3N5O/c1-13-23-16(19(20,21)22)12-17(24-13)26-7-9-27(10-8-26)18(28)14-5-4-6-15(11-14)25(2)3/h4-6,11-12H,7-10H2,1-3H3. The monoisotopic (exact) mass is 393 g/mol. The van der Waals surface area contributed by atoms with Gasteiger partial charge in [-0.15, -0.1) is 0 Å². The van der Waals surface area contributed by atoms with Crippen molar-refractivity contribution in [1.82, 2.24) is 14.9 Å². The summed E-state index contributed by atoms with van der Waals surface area (Å²) in [5, 5.41) is 0. The minimum Gasteiger partial charge on any atom is -0.378 e. The number of hydrogen-bond donors (Lipinski definition) is 0. The van der Waals surface area contributed by atoms with Crippen molar-refractivity contribution >= 4 is 17.4 Å². The quantitative estimate of drug-likeness (QED) is 0.803. The average molecular weight is 393 g/mol. The van der Waals surface area contributed by atoms with E-state index in [0.717, 1.165) is 11.8 Å². The van der Waals surface area contributed by atoms with Gasteiger partial charge in [-0.3, -0.25) is 4.79 Å². The molecule has 1 aromatic heterocycles. The summed E-state index contributed by atoms with van der Waals surface area (Å²) in [6.07, 6.45) is -4.52. The van der Waals surface area contributed by atoms with Crippen LogP contribution < -0.4 is 9.80 Å². The van der Waals surface area contributed by atoms with Crippen LogP contribution in [0.25, 0.3) is 0 Å². The molecule has 0 bridgehead atoms. The highest BCUT2D eigenvalue weighted by molar-refractivity contribution is 5.95. The lowest BCUT2D eigenvalue weighted by atomic mass is 10.1. The summed E-state index contributed by atoms with van der Waals surface area (Å²) in [6, 6.07) is 8.32. The molecule has 9 heteroatoms. The van der Waals surface area contributed by atoms with E-state index < -0.39 is 11.9 Å². The fraction of sp³-hybridized carbons (Fsp3) is 0.421. The molecular weight excluding hydrogens is 371 g/mol. The van der Waals surface area contributed by atoms with E-state index in [1.165, 1.54) is 6.92 Å². The number of carbonyl (C=O) groups is 1. The Morgan fingerprint density at radius 1 is 1.07 bits per heavy atom. The minimum absolute atomic E-state index is 0.0730. The maximum Gasteiger partial charge on any atom is 0.433 e. The lowest BCUT2D eigenvalue weighted by molar-refractivity contribution is -0.141. The lowest BCUT2D eigenvalue weighted by Crippen LogP contribution is -2.49. The van der Waals surface area contributed by atoms with Gasteiger partial charge in [-0.2, -0.15) is 13.2 Å². The van der Waals surface area contributed by atoms with E-state index in [0.29, 0.717) is 31.7 Å². The molecule has 6 nitrogen and oxygen atoms in total. The molecule has 1 aliphatic heterocycles. The first kappa shape index (κ1) is 19.9. The van der Waals surface area contributed by atoms with E-state index in [2.05, 4.69) is 9.97 Å². The molecule has 0 N–H and O–H groups in total. The van der Waals surface area contributed by atoms with Crippen LogP contribution in [0.2, 0.25) is 0 Å². The van der Waals surface area contributed by atoms with Gasteiger partial charge >= 0.3 is 6.18 Å². The van der Waals surface area contributed by atoms with Crippen molar-refractivity contribution in [2.45, 2.75) is 13.1 Å². The Kier molecular flexibility index (Phi) is 5.44. The average Bonchev–Trinajstić information content (AvgIpc) is 2.66. The number of alkyl halides is 3. The van der Waals surface area contributed by atoms with Crippen LogP contribution >= 0.6 is 0 Å². The first-order valence-corrected chi connectivity index (χ1v) is 8.89. The fourth-order valence-corrected chi connectivity index (χ4v) is 3.10. The van der Waals surface area contributed by atoms with E-state index >= 15 is 0 Å². The van der Waals surface area contributed by atoms with Crippen LogP contribution in [0.1, 0.15) is 21.9 Å². The van der Waals surface area contributed by atoms with Gasteiger partial charge < -0.3 is 14.7 Å². The Balaban J connectivity index is 1.70. The second kappa shape index (κ2) is 7.65. The summed E-state index contributed by atoms with van der Waals surface area (Å²) < 4.78 is 39.0. The highest BCUT2D eigenvalue weighted by Crippen LogP contribution is 2.30. The molecule has 150 valence electrons. The van der Waals surface area contributed by atoms with Crippen LogP contribution in [0.5, 0.6) is 0 Å². The Morgan fingerprint density at radius 3 is 2.36 bits per heavy atom. The van der Waals surface area contributed by atoms with Gasteiger partial charge in [0.05, 0.1) is 0 Å². The van der Waals surface area contributed by atoms with Crippen molar-refractivity contribution < 1.29 is 18.0 Å². The number of carbonyl (C=O) groups excluding carboxylic acids is 1. The largest absolute Gasteiger partial charge is 0.433 e. The van der Waals surface area contributed by atoms with Gasteiger partial charge in [-0.1, -0.05) is 6.07 Å². The van der Waals surface area contributed by atoms with E-state index in [1.807, 2.05) is 37.2 Å². The number of aryl methyl sites for hydroxylation is 1. The predicted molar refractivity (Wildman–Crippen MR) is 101 cm³/mol. The molecule has 2 aromatic rings. The third-order valence-electron chi connectivity index (χ3n) is 4.62. The molecule has 28 heavy (non-hydrogen) atoms. The van der Waals surface area contributed by atoms with Crippen molar-refractivity contribution in [3.63, 3.8) is 0 Å². The molecule has 1 aromatic carbocycles. The molecule has 0 saturated carbocycles. The van der Waals surface area contributed by atoms with E-state index in [1.54, 1.807) is 15.9 Å². The van der Waals surface area contributed by atoms with Crippen LogP contribution in [0.15, 0.2) is 30.3 Å². The minimum atomic E-state index is -4.52. The summed E-state index contributed by atoms with van der Waals surface area (Å²) in [7, 11) is 3.81. The first-order valence-electron chi connectivity index (χ1n) is 8.89. The van der Waals surface area contributed by atoms with Gasteiger partial charge in [0.2, 0.25) is 0 Å². The number of aromatic nitrogens is 2. The Bertz CT molecular complexity index is 861. The molecule has 1 fully saturated rings. The van der Waals surface area contributed by atoms with E-state index in [4.69, 9.17) is 0 Å². The third kappa shape index (κ3) is 4.35. The van der Waals surface area contributed by atoms with Crippen molar-refractivity contribution in [2.75, 3.05) is 50.1 Å². The van der Waals surface area contributed by atoms with Gasteiger partial charge in [0, 0.05) is 57.6 Å². The number of anilines is 2. The van der Waals surface area contributed by atoms with E-state index in [-0.39, 0.29) is 17.5 Å². The molecular formula is C19H22F3N5O. The van der Waals surface area contributed by atoms with Gasteiger partial charge in [-0.25, -0.2) is 9.97 Å². The summed E-state index contributed by atoms with van der Waals surface area (Å²) in [5.74, 6) is 0.226. The summed E-state index contributed by atoms with van der Waals surface area (Å²) >= 11 is 0. The van der Waals surface area contributed by atoms with Crippen LogP contribution in [0.3, 0.4) is 0 Å². The number of nitrogens with zero attached hydrogens (tertiary/aromatic N) is 5. The molecule has 1 aliphatic rings. The lowest BCUT2D eigenvalue weighted by Gasteiger charge is -2.35. The molecule has 0 unspecified atom stereocenters. The molecule has 0 spiro atoms. The number of benzene rings is 1. The number of hydrogen-bond acceptors (Lipinski definition) is 5. The predicted octanol–water partition coefficient (Wildman–Crippen LogP) is 2.83. The highest BCUT2D eigenvalue weighted by atomic mass is 19.4. The molecule has 3 rings (SSSR count). The zero-order valence-corrected chi connectivity index (χ0v) is 16.0. The molecule has 0 radical (unpaired) electrons. The van der Waals surface area contributed by atoms with Gasteiger partial charge in [-0.05, 0) is 25.1 Å². The summed E-state index contributed by atoms with van der Waals surface area (Å²) in [6.45, 7) is 3.08. The van der Waals surface area contributed by atoms with Crippen molar-refractivity contribution in [3.8, 4) is 0 Å². The topological polar surface area (TPSA) is 52.6 Å². The zero-order chi connectivity index (χ0) is 20.5. The van der Waals surface area contributed by atoms with Crippen LogP contribution in [-0.4, -0.2) is 61.0 Å². The number of piperazine rings is 1. The Labute approximate surface area is 161 Å². The third-order valence-corrected chi connectivity index (χ3v) is 4.62. The number of amides is 1. The van der Waals surface area contributed by atoms with Crippen LogP contribution in [0.4, 0.5) is 24.7 Å². The number of rotatable bonds is 3. The van der Waals surface area contributed by atoms with Crippen LogP contribution in [-0.2, 0) is 6.18 Å². The normalized spacial score (nSPS) is 14.9. The smallest absolute Gasteiger partial charge is 0.378 e. The summed E-state index contributed by atoms with van der Waals surface area (Å²) in [5.41, 5.74) is 0.575. The SMILES string of the molecule is Cc1nc(N2CCN(C(=O)c3cccc(N(C)C)c3)CC2)cc(C(F)(F)F)n1. The van der Waals surface area contributed by atoms with Gasteiger partial charge in [0.15, 0.2) is 0 Å². The van der Waals surface area contributed by atoms with Gasteiger partial charge in [0.1, 0.15) is 17.3 Å². The molecule has 1 saturated heterocycles. The fourth-order valence-electron chi connectivity index (χ4n) is 3.10. The zero-order valence-electron chi connectivity index (χ0n) is 16.0. The van der Waals surface area contributed by atoms with Gasteiger partial charge in [0.25, 0.3) is 5.91 Å². The van der Waals surface area contributed by atoms with E-state index in [9.17, 15) is 18.0 Å². The second-order valence-corrected chi connectivity index (χ2v) is 6.88. The molecule has 0 atom stereocenters. The van der Waals surface area contributed by atoms with Crippen molar-refractivity contribution in [3.05, 3.63) is 47.4 Å².